The Kier molecular flexibility index (Phi) is 6.54. The quantitative estimate of drug-likeness (QED) is 0.399. The highest BCUT2D eigenvalue weighted by atomic mass is 32.2. The molecule has 0 fully saturated rings. The largest absolute Gasteiger partial charge is 0.465 e. The molecular formula is C24H17F2NO5S2. The van der Waals surface area contributed by atoms with Crippen LogP contribution in [0.1, 0.15) is 21.5 Å². The Bertz CT molecular complexity index is 1410. The molecule has 1 aliphatic rings. The lowest BCUT2D eigenvalue weighted by atomic mass is 10.1. The van der Waals surface area contributed by atoms with Gasteiger partial charge in [-0.2, -0.15) is 0 Å². The number of anilines is 1. The number of sulfone groups is 1. The van der Waals surface area contributed by atoms with E-state index < -0.39 is 44.7 Å². The maximum Gasteiger partial charge on any atom is 0.337 e. The normalized spacial score (nSPS) is 14.4. The van der Waals surface area contributed by atoms with Crippen molar-refractivity contribution in [1.29, 1.82) is 0 Å². The molecule has 0 radical (unpaired) electrons. The zero-order valence-corrected chi connectivity index (χ0v) is 19.3. The molecule has 34 heavy (non-hydrogen) atoms. The first-order valence-electron chi connectivity index (χ1n) is 9.87. The summed E-state index contributed by atoms with van der Waals surface area (Å²) in [4.78, 5) is 25.0. The summed E-state index contributed by atoms with van der Waals surface area (Å²) in [5, 5.41) is 2.65. The first-order chi connectivity index (χ1) is 16.2. The molecule has 0 saturated carbocycles. The molecule has 174 valence electrons. The molecular weight excluding hydrogens is 484 g/mol. The van der Waals surface area contributed by atoms with Gasteiger partial charge in [-0.25, -0.2) is 22.0 Å². The van der Waals surface area contributed by atoms with Crippen molar-refractivity contribution in [2.45, 2.75) is 15.5 Å². The van der Waals surface area contributed by atoms with Crippen molar-refractivity contribution in [1.82, 2.24) is 0 Å². The van der Waals surface area contributed by atoms with Gasteiger partial charge in [0.1, 0.15) is 11.6 Å². The molecule has 0 atom stereocenters. The maximum atomic E-state index is 13.9. The van der Waals surface area contributed by atoms with E-state index in [0.717, 1.165) is 30.0 Å². The van der Waals surface area contributed by atoms with E-state index in [2.05, 4.69) is 10.1 Å². The Morgan fingerprint density at radius 3 is 2.38 bits per heavy atom. The predicted molar refractivity (Wildman–Crippen MR) is 124 cm³/mol. The van der Waals surface area contributed by atoms with Crippen molar-refractivity contribution in [3.8, 4) is 0 Å². The Hall–Kier alpha value is -3.50. The van der Waals surface area contributed by atoms with Crippen LogP contribution in [0.15, 0.2) is 75.4 Å². The molecule has 0 saturated heterocycles. The van der Waals surface area contributed by atoms with Crippen molar-refractivity contribution in [2.24, 2.45) is 0 Å². The topological polar surface area (TPSA) is 89.5 Å². The zero-order chi connectivity index (χ0) is 24.5. The third-order valence-corrected chi connectivity index (χ3v) is 7.77. The Balaban J connectivity index is 1.58. The van der Waals surface area contributed by atoms with Crippen LogP contribution in [0.4, 0.5) is 14.5 Å². The number of ether oxygens (including phenoxy) is 1. The number of hydrogen-bond donors (Lipinski definition) is 1. The number of amides is 1. The van der Waals surface area contributed by atoms with Gasteiger partial charge in [-0.1, -0.05) is 30.0 Å². The van der Waals surface area contributed by atoms with E-state index >= 15 is 0 Å². The highest BCUT2D eigenvalue weighted by molar-refractivity contribution is 8.04. The standard InChI is InChI=1S/C24H17F2NO5S2/c1-32-24(29)15-7-5-14(6-8-15)11-22-23(28)27-20-12-16(9-10-21(20)33-22)34(30,31)13-17-18(25)3-2-4-19(17)26/h2-12H,13H2,1H3,(H,27,28). The third-order valence-electron chi connectivity index (χ3n) is 5.03. The highest BCUT2D eigenvalue weighted by Crippen LogP contribution is 2.40. The summed E-state index contributed by atoms with van der Waals surface area (Å²) in [6.07, 6.45) is 1.63. The van der Waals surface area contributed by atoms with E-state index in [4.69, 9.17) is 0 Å². The van der Waals surface area contributed by atoms with Gasteiger partial charge in [-0.3, -0.25) is 4.79 Å². The summed E-state index contributed by atoms with van der Waals surface area (Å²) >= 11 is 1.15. The van der Waals surface area contributed by atoms with Crippen LogP contribution in [0.5, 0.6) is 0 Å². The first-order valence-corrected chi connectivity index (χ1v) is 12.3. The van der Waals surface area contributed by atoms with Crippen molar-refractivity contribution < 1.29 is 31.5 Å². The number of benzene rings is 3. The molecule has 0 spiro atoms. The molecule has 1 aliphatic heterocycles. The Labute approximate surface area is 198 Å². The number of nitrogens with one attached hydrogen (secondary N) is 1. The second-order valence-corrected chi connectivity index (χ2v) is 10.4. The molecule has 1 heterocycles. The lowest BCUT2D eigenvalue weighted by molar-refractivity contribution is -0.112. The second-order valence-electron chi connectivity index (χ2n) is 7.30. The van der Waals surface area contributed by atoms with Crippen LogP contribution in [0, 0.1) is 11.6 Å². The summed E-state index contributed by atoms with van der Waals surface area (Å²) in [7, 11) is -2.79. The van der Waals surface area contributed by atoms with Crippen molar-refractivity contribution >= 4 is 45.2 Å². The molecule has 1 N–H and O–H groups in total. The van der Waals surface area contributed by atoms with Gasteiger partial charge in [0.2, 0.25) is 0 Å². The minimum absolute atomic E-state index is 0.166. The molecule has 3 aromatic carbocycles. The number of fused-ring (bicyclic) bond motifs is 1. The van der Waals surface area contributed by atoms with Gasteiger partial charge in [0.05, 0.1) is 33.9 Å². The van der Waals surface area contributed by atoms with Gasteiger partial charge in [-0.05, 0) is 54.1 Å². The molecule has 0 unspecified atom stereocenters. The molecule has 0 bridgehead atoms. The van der Waals surface area contributed by atoms with Crippen molar-refractivity contribution in [3.63, 3.8) is 0 Å². The van der Waals surface area contributed by atoms with E-state index in [1.165, 1.54) is 25.3 Å². The summed E-state index contributed by atoms with van der Waals surface area (Å²) < 4.78 is 58.1. The number of esters is 1. The van der Waals surface area contributed by atoms with Gasteiger partial charge >= 0.3 is 5.97 Å². The molecule has 3 aromatic rings. The van der Waals surface area contributed by atoms with E-state index in [0.29, 0.717) is 20.9 Å². The smallest absolute Gasteiger partial charge is 0.337 e. The van der Waals surface area contributed by atoms with E-state index in [-0.39, 0.29) is 10.6 Å². The lowest BCUT2D eigenvalue weighted by Gasteiger charge is -2.19. The fourth-order valence-corrected chi connectivity index (χ4v) is 5.59. The molecule has 0 aliphatic carbocycles. The summed E-state index contributed by atoms with van der Waals surface area (Å²) in [6, 6.07) is 13.8. The number of carbonyl (C=O) groups excluding carboxylic acids is 2. The maximum absolute atomic E-state index is 13.9. The van der Waals surface area contributed by atoms with Gasteiger partial charge in [-0.15, -0.1) is 0 Å². The van der Waals surface area contributed by atoms with Gasteiger partial charge < -0.3 is 10.1 Å². The van der Waals surface area contributed by atoms with E-state index in [1.54, 1.807) is 30.3 Å². The van der Waals surface area contributed by atoms with E-state index in [9.17, 15) is 26.8 Å². The Morgan fingerprint density at radius 1 is 1.06 bits per heavy atom. The van der Waals surface area contributed by atoms with Crippen LogP contribution in [-0.2, 0) is 25.1 Å². The number of hydrogen-bond acceptors (Lipinski definition) is 6. The zero-order valence-electron chi connectivity index (χ0n) is 17.7. The van der Waals surface area contributed by atoms with Crippen LogP contribution < -0.4 is 5.32 Å². The van der Waals surface area contributed by atoms with Crippen LogP contribution in [0.25, 0.3) is 6.08 Å². The predicted octanol–water partition coefficient (Wildman–Crippen LogP) is 4.81. The second kappa shape index (κ2) is 9.40. The molecule has 1 amide bonds. The van der Waals surface area contributed by atoms with Gasteiger partial charge in [0.15, 0.2) is 9.84 Å². The molecule has 6 nitrogen and oxygen atoms in total. The monoisotopic (exact) mass is 501 g/mol. The fourth-order valence-electron chi connectivity index (χ4n) is 3.26. The van der Waals surface area contributed by atoms with Gasteiger partial charge in [0.25, 0.3) is 5.91 Å². The number of carbonyl (C=O) groups is 2. The summed E-state index contributed by atoms with van der Waals surface area (Å²) in [6.45, 7) is 0. The number of thioether (sulfide) groups is 1. The van der Waals surface area contributed by atoms with Crippen LogP contribution in [0.2, 0.25) is 0 Å². The minimum atomic E-state index is -4.08. The van der Waals surface area contributed by atoms with Crippen molar-refractivity contribution in [2.75, 3.05) is 12.4 Å². The summed E-state index contributed by atoms with van der Waals surface area (Å²) in [5.74, 6) is -3.65. The van der Waals surface area contributed by atoms with Gasteiger partial charge in [0, 0.05) is 10.5 Å². The van der Waals surface area contributed by atoms with Crippen molar-refractivity contribution in [3.05, 3.63) is 93.9 Å². The SMILES string of the molecule is COC(=O)c1ccc(C=C2Sc3ccc(S(=O)(=O)Cc4c(F)cccc4F)cc3NC2=O)cc1. The molecule has 10 heteroatoms. The third kappa shape index (κ3) is 4.87. The summed E-state index contributed by atoms with van der Waals surface area (Å²) in [5.41, 5.74) is 0.796. The number of methoxy groups -OCH3 is 1. The first kappa shape index (κ1) is 23.7. The average Bonchev–Trinajstić information content (AvgIpc) is 2.81. The fraction of sp³-hybridized carbons (Fsp3) is 0.0833. The number of rotatable bonds is 5. The van der Waals surface area contributed by atoms with Crippen LogP contribution in [-0.4, -0.2) is 27.4 Å². The van der Waals surface area contributed by atoms with Crippen LogP contribution >= 0.6 is 11.8 Å². The highest BCUT2D eigenvalue weighted by Gasteiger charge is 2.25. The lowest BCUT2D eigenvalue weighted by Crippen LogP contribution is -2.18. The van der Waals surface area contributed by atoms with E-state index in [1.807, 2.05) is 0 Å². The minimum Gasteiger partial charge on any atom is -0.465 e. The Morgan fingerprint density at radius 2 is 1.74 bits per heavy atom. The molecule has 4 rings (SSSR count). The van der Waals surface area contributed by atoms with Crippen LogP contribution in [0.3, 0.4) is 0 Å². The number of halogens is 2. The average molecular weight is 502 g/mol. The molecule has 0 aromatic heterocycles.